The number of fused-ring (bicyclic) bond motifs is 4. The lowest BCUT2D eigenvalue weighted by Crippen LogP contribution is -2.80. The highest BCUT2D eigenvalue weighted by molar-refractivity contribution is 5.92. The summed E-state index contributed by atoms with van der Waals surface area (Å²) in [4.78, 5) is 32.1. The minimum absolute atomic E-state index is 0.0472. The van der Waals surface area contributed by atoms with Crippen molar-refractivity contribution >= 4 is 17.6 Å². The van der Waals surface area contributed by atoms with Crippen molar-refractivity contribution in [3.05, 3.63) is 53.1 Å². The molecule has 0 aromatic heterocycles. The van der Waals surface area contributed by atoms with E-state index >= 15 is 0 Å². The Morgan fingerprint density at radius 3 is 2.55 bits per heavy atom. The van der Waals surface area contributed by atoms with Crippen molar-refractivity contribution in [3.63, 3.8) is 0 Å². The normalized spacial score (nSPS) is 35.6. The first-order valence-corrected chi connectivity index (χ1v) is 13.2. The number of phenols is 4. The first-order valence-electron chi connectivity index (χ1n) is 13.2. The van der Waals surface area contributed by atoms with E-state index in [1.54, 1.807) is 12.1 Å². The topological polar surface area (TPSA) is 149 Å². The van der Waals surface area contributed by atoms with Gasteiger partial charge in [0.25, 0.3) is 0 Å². The minimum atomic E-state index is -1.44. The van der Waals surface area contributed by atoms with E-state index in [2.05, 4.69) is 9.80 Å². The highest BCUT2D eigenvalue weighted by atomic mass is 16.6. The van der Waals surface area contributed by atoms with Crippen LogP contribution in [0, 0.1) is 11.3 Å². The Kier molecular flexibility index (Phi) is 4.90. The number of esters is 2. The van der Waals surface area contributed by atoms with Gasteiger partial charge in [-0.2, -0.15) is 0 Å². The fourth-order valence-corrected chi connectivity index (χ4v) is 8.78. The number of hydrogen-bond donors (Lipinski definition) is 4. The molecule has 1 spiro atoms. The predicted octanol–water partition coefficient (Wildman–Crippen LogP) is 2.32. The van der Waals surface area contributed by atoms with E-state index in [0.29, 0.717) is 19.4 Å². The van der Waals surface area contributed by atoms with Crippen LogP contribution < -0.4 is 4.90 Å². The Labute approximate surface area is 229 Å². The number of ether oxygens (including phenoxy) is 3. The van der Waals surface area contributed by atoms with E-state index in [0.717, 1.165) is 29.0 Å². The maximum atomic E-state index is 14.3. The van der Waals surface area contributed by atoms with Crippen molar-refractivity contribution in [2.24, 2.45) is 11.3 Å². The molecule has 1 saturated carbocycles. The highest BCUT2D eigenvalue weighted by Crippen LogP contribution is 2.78. The number of nitrogens with zero attached hydrogens (tertiary/aromatic N) is 2. The Morgan fingerprint density at radius 2 is 1.88 bits per heavy atom. The number of hydrogen-bond acceptors (Lipinski definition) is 11. The second-order valence-corrected chi connectivity index (χ2v) is 11.4. The van der Waals surface area contributed by atoms with Gasteiger partial charge in [-0.05, 0) is 49.2 Å². The van der Waals surface area contributed by atoms with Gasteiger partial charge in [0.05, 0.1) is 24.1 Å². The van der Waals surface area contributed by atoms with Gasteiger partial charge in [0, 0.05) is 31.6 Å². The Bertz CT molecular complexity index is 1500. The summed E-state index contributed by atoms with van der Waals surface area (Å²) >= 11 is 0. The van der Waals surface area contributed by atoms with Crippen LogP contribution in [0.2, 0.25) is 0 Å². The summed E-state index contributed by atoms with van der Waals surface area (Å²) in [6, 6.07) is 7.04. The number of benzene rings is 2. The zero-order valence-electron chi connectivity index (χ0n) is 22.2. The van der Waals surface area contributed by atoms with E-state index in [-0.39, 0.29) is 36.1 Å². The molecule has 4 bridgehead atoms. The average molecular weight is 551 g/mol. The van der Waals surface area contributed by atoms with Crippen LogP contribution in [0.15, 0.2) is 42.0 Å². The van der Waals surface area contributed by atoms with Crippen molar-refractivity contribution < 1.29 is 44.2 Å². The van der Waals surface area contributed by atoms with Crippen molar-refractivity contribution in [3.8, 4) is 23.0 Å². The van der Waals surface area contributed by atoms with Gasteiger partial charge in [-0.1, -0.05) is 11.6 Å². The maximum absolute atomic E-state index is 14.3. The molecule has 1 aliphatic carbocycles. The Balaban J connectivity index is 1.45. The lowest BCUT2D eigenvalue weighted by molar-refractivity contribution is -0.194. The zero-order valence-corrected chi connectivity index (χ0v) is 22.2. The van der Waals surface area contributed by atoms with Crippen LogP contribution in [0.3, 0.4) is 0 Å². The number of aromatic hydroxyl groups is 4. The van der Waals surface area contributed by atoms with Crippen molar-refractivity contribution in [2.45, 2.75) is 43.2 Å². The van der Waals surface area contributed by atoms with E-state index in [4.69, 9.17) is 14.2 Å². The summed E-state index contributed by atoms with van der Waals surface area (Å²) in [7, 11) is 3.25. The summed E-state index contributed by atoms with van der Waals surface area (Å²) in [6.07, 6.45) is 2.69. The molecule has 5 aliphatic rings. The smallest absolute Gasteiger partial charge is 0.338 e. The molecule has 11 nitrogen and oxygen atoms in total. The lowest BCUT2D eigenvalue weighted by Gasteiger charge is -2.65. The molecule has 2 aromatic rings. The summed E-state index contributed by atoms with van der Waals surface area (Å²) in [6.45, 7) is 2.14. The molecule has 3 saturated heterocycles. The van der Waals surface area contributed by atoms with Gasteiger partial charge in [-0.15, -0.1) is 0 Å². The minimum Gasteiger partial charge on any atom is -0.508 e. The van der Waals surface area contributed by atoms with Crippen molar-refractivity contribution in [1.82, 2.24) is 4.90 Å². The summed E-state index contributed by atoms with van der Waals surface area (Å²) in [5, 5.41) is 40.3. The molecular formula is C29H30N2O9. The van der Waals surface area contributed by atoms with Gasteiger partial charge in [0.1, 0.15) is 24.0 Å². The molecular weight excluding hydrogens is 520 g/mol. The Hall–Kier alpha value is -3.96. The van der Waals surface area contributed by atoms with Crippen molar-refractivity contribution in [1.29, 1.82) is 0 Å². The number of carbonyl (C=O) groups excluding carboxylic acids is 2. The van der Waals surface area contributed by atoms with E-state index in [9.17, 15) is 30.0 Å². The molecule has 0 amide bonds. The van der Waals surface area contributed by atoms with Gasteiger partial charge in [0.15, 0.2) is 23.0 Å². The Morgan fingerprint density at radius 1 is 1.15 bits per heavy atom. The van der Waals surface area contributed by atoms with E-state index in [1.165, 1.54) is 7.11 Å². The number of allylic oxidation sites excluding steroid dienone is 1. The third-order valence-corrected chi connectivity index (χ3v) is 10.2. The third kappa shape index (κ3) is 2.54. The number of carbonyl (C=O) groups is 2. The predicted molar refractivity (Wildman–Crippen MR) is 139 cm³/mol. The first-order chi connectivity index (χ1) is 19.1. The van der Waals surface area contributed by atoms with E-state index in [1.807, 2.05) is 26.1 Å². The average Bonchev–Trinajstić information content (AvgIpc) is 3.55. The molecule has 210 valence electrons. The number of methoxy groups -OCH3 is 1. The van der Waals surface area contributed by atoms with Gasteiger partial charge in [-0.3, -0.25) is 9.69 Å². The molecule has 7 rings (SSSR count). The summed E-state index contributed by atoms with van der Waals surface area (Å²) in [5.41, 5.74) is -1.08. The van der Waals surface area contributed by atoms with Gasteiger partial charge in [-0.25, -0.2) is 4.79 Å². The first kappa shape index (κ1) is 25.0. The van der Waals surface area contributed by atoms with Crippen LogP contribution in [0.5, 0.6) is 23.0 Å². The molecule has 0 unspecified atom stereocenters. The number of rotatable bonds is 4. The maximum Gasteiger partial charge on any atom is 0.338 e. The van der Waals surface area contributed by atoms with Crippen LogP contribution in [0.4, 0.5) is 5.69 Å². The molecule has 4 heterocycles. The van der Waals surface area contributed by atoms with Crippen LogP contribution in [-0.2, 0) is 24.4 Å². The van der Waals surface area contributed by atoms with E-state index < -0.39 is 45.7 Å². The summed E-state index contributed by atoms with van der Waals surface area (Å²) in [5.74, 6) is -3.88. The third-order valence-electron chi connectivity index (χ3n) is 10.2. The van der Waals surface area contributed by atoms with Gasteiger partial charge < -0.3 is 39.5 Å². The molecule has 40 heavy (non-hydrogen) atoms. The molecule has 4 N–H and O–H groups in total. The number of phenolic OH excluding ortho intramolecular Hbond substituents is 4. The molecule has 11 heteroatoms. The largest absolute Gasteiger partial charge is 0.508 e. The number of piperidine rings is 2. The van der Waals surface area contributed by atoms with Crippen LogP contribution in [0.1, 0.15) is 35.7 Å². The van der Waals surface area contributed by atoms with Crippen LogP contribution >= 0.6 is 0 Å². The fraction of sp³-hybridized carbons (Fsp3) is 0.448. The standard InChI is InChI=1S/C29H30N2O9/c1-4-14-12-31-22-10-17(14)27(26(37)38-3,13-39-25(36)15-7-20(33)24(35)21(34)8-15)28-11-23(31)40-29(22,28)30(2)19-6-5-16(32)9-18(19)28/h4-9,17,22-23,32-35H,10-13H2,1-3H3/b14-4-/t17-,22-,23-,27-,28-,29-/m0/s1. The SMILES string of the molecule is C/C=C1/CN2[C@@H]3C[C@@]45c6cc(O)ccc6N(C)[C@]4(O3)[C@@H]2C[C@@H]1[C@@]5(COC(=O)c1cc(O)c(O)c(O)c1)C(=O)OC. The second-order valence-electron chi connectivity index (χ2n) is 11.4. The number of likely N-dealkylation sites (N-methyl/N-ethyl adjacent to an activating group) is 1. The molecule has 4 aliphatic heterocycles. The molecule has 0 radical (unpaired) electrons. The van der Waals surface area contributed by atoms with Crippen LogP contribution in [0.25, 0.3) is 0 Å². The second kappa shape index (κ2) is 7.82. The lowest BCUT2D eigenvalue weighted by atomic mass is 9.42. The molecule has 4 fully saturated rings. The monoisotopic (exact) mass is 550 g/mol. The summed E-state index contributed by atoms with van der Waals surface area (Å²) < 4.78 is 18.3. The quantitative estimate of drug-likeness (QED) is 0.252. The van der Waals surface area contributed by atoms with Crippen LogP contribution in [-0.4, -0.2) is 82.6 Å². The fourth-order valence-electron chi connectivity index (χ4n) is 8.78. The van der Waals surface area contributed by atoms with Gasteiger partial charge in [0.2, 0.25) is 0 Å². The number of anilines is 1. The molecule has 6 atom stereocenters. The van der Waals surface area contributed by atoms with Crippen molar-refractivity contribution in [2.75, 3.05) is 32.2 Å². The van der Waals surface area contributed by atoms with Gasteiger partial charge >= 0.3 is 11.9 Å². The zero-order chi connectivity index (χ0) is 28.4. The molecule has 2 aromatic carbocycles. The highest BCUT2D eigenvalue weighted by Gasteiger charge is 2.88.